The van der Waals surface area contributed by atoms with Crippen LogP contribution in [0.4, 0.5) is 0 Å². The van der Waals surface area contributed by atoms with Crippen LogP contribution in [0.15, 0.2) is 0 Å². The zero-order chi connectivity index (χ0) is 7.82. The molecule has 5 nitrogen and oxygen atoms in total. The summed E-state index contributed by atoms with van der Waals surface area (Å²) < 4.78 is 0. The van der Waals surface area contributed by atoms with E-state index in [1.54, 1.807) is 0 Å². The van der Waals surface area contributed by atoms with E-state index in [4.69, 9.17) is 0 Å². The topological polar surface area (TPSA) is 61.4 Å². The minimum atomic E-state index is 0.506. The molecule has 0 aliphatic heterocycles. The minimum Gasteiger partial charge on any atom is -0.277 e. The molecule has 10 heavy (non-hydrogen) atoms. The second kappa shape index (κ2) is 6.03. The molecule has 2 N–H and O–H groups in total. The number of hydrazine groups is 2. The summed E-state index contributed by atoms with van der Waals surface area (Å²) in [4.78, 5) is 19.7. The van der Waals surface area contributed by atoms with E-state index in [9.17, 15) is 9.59 Å². The van der Waals surface area contributed by atoms with Gasteiger partial charge in [-0.2, -0.15) is 0 Å². The quantitative estimate of drug-likeness (QED) is 0.373. The van der Waals surface area contributed by atoms with Crippen LogP contribution in [0, 0.1) is 0 Å². The van der Waals surface area contributed by atoms with Crippen molar-refractivity contribution >= 4 is 12.8 Å². The number of carbonyl (C=O) groups excluding carboxylic acids is 2. The van der Waals surface area contributed by atoms with E-state index in [0.29, 0.717) is 19.4 Å². The maximum absolute atomic E-state index is 9.86. The van der Waals surface area contributed by atoms with E-state index in [2.05, 4.69) is 10.9 Å². The summed E-state index contributed by atoms with van der Waals surface area (Å²) in [5.41, 5.74) is 4.59. The monoisotopic (exact) mass is 145 g/mol. The highest BCUT2D eigenvalue weighted by atomic mass is 16.2. The number of nitrogens with zero attached hydrogens (tertiary/aromatic N) is 1. The van der Waals surface area contributed by atoms with E-state index in [1.165, 1.54) is 5.12 Å². The Labute approximate surface area is 59.3 Å². The van der Waals surface area contributed by atoms with Crippen molar-refractivity contribution in [1.29, 1.82) is 0 Å². The third-order valence-corrected chi connectivity index (χ3v) is 0.864. The zero-order valence-corrected chi connectivity index (χ0v) is 5.83. The molecule has 0 aromatic rings. The number of hydrogen-bond acceptors (Lipinski definition) is 3. The van der Waals surface area contributed by atoms with Gasteiger partial charge in [0.25, 0.3) is 0 Å². The Balaban J connectivity index is 3.48. The van der Waals surface area contributed by atoms with Crippen LogP contribution in [0.3, 0.4) is 0 Å². The average molecular weight is 145 g/mol. The molecule has 0 heterocycles. The maximum atomic E-state index is 9.86. The third kappa shape index (κ3) is 3.85. The van der Waals surface area contributed by atoms with Gasteiger partial charge in [0.2, 0.25) is 12.8 Å². The molecule has 0 aliphatic rings. The third-order valence-electron chi connectivity index (χ3n) is 0.864. The Kier molecular flexibility index (Phi) is 5.36. The van der Waals surface area contributed by atoms with Gasteiger partial charge in [0.1, 0.15) is 0 Å². The highest BCUT2D eigenvalue weighted by Crippen LogP contribution is 1.77. The van der Waals surface area contributed by atoms with Crippen LogP contribution in [0.5, 0.6) is 0 Å². The normalized spacial score (nSPS) is 9.00. The summed E-state index contributed by atoms with van der Waals surface area (Å²) in [6.45, 7) is 2.53. The largest absolute Gasteiger partial charge is 0.277 e. The summed E-state index contributed by atoms with van der Waals surface area (Å²) in [6, 6.07) is 0. The lowest BCUT2D eigenvalue weighted by molar-refractivity contribution is -0.120. The fraction of sp³-hybridized carbons (Fsp3) is 0.600. The van der Waals surface area contributed by atoms with Crippen LogP contribution in [0.25, 0.3) is 0 Å². The molecular weight excluding hydrogens is 134 g/mol. The highest BCUT2D eigenvalue weighted by Gasteiger charge is 1.96. The summed E-state index contributed by atoms with van der Waals surface area (Å²) in [5, 5.41) is 1.31. The van der Waals surface area contributed by atoms with Gasteiger partial charge in [-0.3, -0.25) is 20.4 Å². The van der Waals surface area contributed by atoms with Gasteiger partial charge < -0.3 is 0 Å². The SMILES string of the molecule is CCCN(NC=O)NC=O. The fourth-order valence-electron chi connectivity index (χ4n) is 0.517. The van der Waals surface area contributed by atoms with Gasteiger partial charge in [-0.25, -0.2) is 0 Å². The molecule has 0 fully saturated rings. The molecule has 0 saturated heterocycles. The maximum Gasteiger partial charge on any atom is 0.222 e. The molecule has 0 aromatic heterocycles. The van der Waals surface area contributed by atoms with Crippen LogP contribution in [0.2, 0.25) is 0 Å². The van der Waals surface area contributed by atoms with E-state index in [0.717, 1.165) is 6.42 Å². The lowest BCUT2D eigenvalue weighted by atomic mass is 10.5. The standard InChI is InChI=1S/C5H11N3O2/c1-2-3-8(6-4-9)7-5-10/h4-5H,2-3H2,1H3,(H,6,9)(H,7,10). The van der Waals surface area contributed by atoms with Crippen molar-refractivity contribution in [3.63, 3.8) is 0 Å². The molecule has 2 amide bonds. The number of nitrogens with one attached hydrogen (secondary N) is 2. The van der Waals surface area contributed by atoms with Gasteiger partial charge in [0.05, 0.1) is 0 Å². The van der Waals surface area contributed by atoms with Crippen molar-refractivity contribution in [3.8, 4) is 0 Å². The lowest BCUT2D eigenvalue weighted by Crippen LogP contribution is -2.47. The Morgan fingerprint density at radius 2 is 1.80 bits per heavy atom. The Morgan fingerprint density at radius 1 is 1.30 bits per heavy atom. The number of rotatable bonds is 6. The molecule has 0 rings (SSSR count). The van der Waals surface area contributed by atoms with E-state index in [1.807, 2.05) is 6.92 Å². The molecule has 58 valence electrons. The number of carbonyl (C=O) groups is 2. The molecule has 0 saturated carbocycles. The van der Waals surface area contributed by atoms with E-state index >= 15 is 0 Å². The predicted octanol–water partition coefficient (Wildman–Crippen LogP) is -0.980. The number of amides is 2. The van der Waals surface area contributed by atoms with Gasteiger partial charge in [0.15, 0.2) is 0 Å². The first-order valence-corrected chi connectivity index (χ1v) is 3.02. The van der Waals surface area contributed by atoms with E-state index < -0.39 is 0 Å². The van der Waals surface area contributed by atoms with Crippen LogP contribution >= 0.6 is 0 Å². The Hall–Kier alpha value is -1.10. The molecule has 0 radical (unpaired) electrons. The minimum absolute atomic E-state index is 0.506. The Bertz CT molecular complexity index is 97.1. The van der Waals surface area contributed by atoms with E-state index in [-0.39, 0.29) is 0 Å². The second-order valence-electron chi connectivity index (χ2n) is 1.65. The van der Waals surface area contributed by atoms with Gasteiger partial charge >= 0.3 is 0 Å². The molecular formula is C5H11N3O2. The summed E-state index contributed by atoms with van der Waals surface area (Å²) >= 11 is 0. The molecule has 0 atom stereocenters. The fourth-order valence-corrected chi connectivity index (χ4v) is 0.517. The summed E-state index contributed by atoms with van der Waals surface area (Å²) in [5.74, 6) is 0. The van der Waals surface area contributed by atoms with Crippen LogP contribution in [-0.4, -0.2) is 24.5 Å². The highest BCUT2D eigenvalue weighted by molar-refractivity contribution is 5.47. The smallest absolute Gasteiger partial charge is 0.222 e. The van der Waals surface area contributed by atoms with Gasteiger partial charge in [-0.05, 0) is 6.42 Å². The molecule has 0 unspecified atom stereocenters. The van der Waals surface area contributed by atoms with Crippen LogP contribution < -0.4 is 10.9 Å². The van der Waals surface area contributed by atoms with Crippen molar-refractivity contribution in [1.82, 2.24) is 16.0 Å². The molecule has 0 aromatic carbocycles. The summed E-state index contributed by atoms with van der Waals surface area (Å²) in [7, 11) is 0. The zero-order valence-electron chi connectivity index (χ0n) is 5.83. The Morgan fingerprint density at radius 3 is 2.10 bits per heavy atom. The van der Waals surface area contributed by atoms with Crippen molar-refractivity contribution in [3.05, 3.63) is 0 Å². The van der Waals surface area contributed by atoms with Crippen molar-refractivity contribution in [2.24, 2.45) is 0 Å². The lowest BCUT2D eigenvalue weighted by Gasteiger charge is -2.16. The first-order chi connectivity index (χ1) is 4.85. The van der Waals surface area contributed by atoms with Gasteiger partial charge in [-0.1, -0.05) is 6.92 Å². The molecule has 0 bridgehead atoms. The number of hydrogen-bond donors (Lipinski definition) is 2. The van der Waals surface area contributed by atoms with Gasteiger partial charge in [-0.15, -0.1) is 5.12 Å². The molecule has 0 spiro atoms. The second-order valence-corrected chi connectivity index (χ2v) is 1.65. The van der Waals surface area contributed by atoms with Crippen LogP contribution in [-0.2, 0) is 9.59 Å². The van der Waals surface area contributed by atoms with Crippen molar-refractivity contribution in [2.45, 2.75) is 13.3 Å². The first-order valence-electron chi connectivity index (χ1n) is 3.02. The van der Waals surface area contributed by atoms with Crippen LogP contribution in [0.1, 0.15) is 13.3 Å². The van der Waals surface area contributed by atoms with Crippen molar-refractivity contribution < 1.29 is 9.59 Å². The van der Waals surface area contributed by atoms with Gasteiger partial charge in [0, 0.05) is 6.54 Å². The molecule has 0 aliphatic carbocycles. The van der Waals surface area contributed by atoms with Crippen molar-refractivity contribution in [2.75, 3.05) is 6.54 Å². The molecule has 5 heteroatoms. The predicted molar refractivity (Wildman–Crippen MR) is 35.4 cm³/mol. The summed E-state index contributed by atoms with van der Waals surface area (Å²) in [6.07, 6.45) is 1.86. The average Bonchev–Trinajstić information content (AvgIpc) is 1.90. The first kappa shape index (κ1) is 8.90.